The molecule has 2 aromatic rings. The van der Waals surface area contributed by atoms with Crippen LogP contribution >= 0.6 is 0 Å². The largest absolute Gasteiger partial charge is 0.349 e. The minimum Gasteiger partial charge on any atom is -0.349 e. The number of hydrogen-bond donors (Lipinski definition) is 2. The predicted octanol–water partition coefficient (Wildman–Crippen LogP) is 1.18. The number of carbonyl (C=O) groups is 1. The van der Waals surface area contributed by atoms with Crippen LogP contribution < -0.4 is 11.1 Å². The Bertz CT molecular complexity index is 619. The zero-order valence-corrected chi connectivity index (χ0v) is 11.0. The molecule has 0 saturated heterocycles. The molecule has 0 spiro atoms. The van der Waals surface area contributed by atoms with Crippen molar-refractivity contribution < 1.29 is 4.79 Å². The van der Waals surface area contributed by atoms with Crippen molar-refractivity contribution in [1.82, 2.24) is 14.9 Å². The number of amides is 1. The van der Waals surface area contributed by atoms with Crippen molar-refractivity contribution >= 4 is 16.9 Å². The lowest BCUT2D eigenvalue weighted by atomic mass is 10.1. The van der Waals surface area contributed by atoms with Crippen LogP contribution in [0, 0.1) is 0 Å². The first-order chi connectivity index (χ1) is 9.13. The average molecular weight is 258 g/mol. The van der Waals surface area contributed by atoms with E-state index in [2.05, 4.69) is 10.3 Å². The maximum absolute atomic E-state index is 12.2. The summed E-state index contributed by atoms with van der Waals surface area (Å²) in [6, 6.07) is 6.04. The van der Waals surface area contributed by atoms with Gasteiger partial charge in [0.05, 0.1) is 17.4 Å². The molecule has 0 aliphatic heterocycles. The van der Waals surface area contributed by atoms with Crippen LogP contribution in [0.25, 0.3) is 11.0 Å². The number of carbonyl (C=O) groups excluding carboxylic acids is 1. The van der Waals surface area contributed by atoms with E-state index in [1.807, 2.05) is 29.8 Å². The summed E-state index contributed by atoms with van der Waals surface area (Å²) in [6.45, 7) is 0. The van der Waals surface area contributed by atoms with Gasteiger partial charge in [0, 0.05) is 24.7 Å². The number of hydrogen-bond acceptors (Lipinski definition) is 3. The fraction of sp³-hybridized carbons (Fsp3) is 0.429. The number of aromatic nitrogens is 2. The first-order valence-corrected chi connectivity index (χ1v) is 6.61. The molecule has 3 rings (SSSR count). The van der Waals surface area contributed by atoms with Crippen molar-refractivity contribution in [3.8, 4) is 0 Å². The molecule has 19 heavy (non-hydrogen) atoms. The van der Waals surface area contributed by atoms with E-state index in [0.717, 1.165) is 30.3 Å². The molecule has 0 bridgehead atoms. The van der Waals surface area contributed by atoms with Crippen LogP contribution in [0.2, 0.25) is 0 Å². The molecule has 1 heterocycles. The highest BCUT2D eigenvalue weighted by molar-refractivity contribution is 5.97. The molecule has 1 fully saturated rings. The molecule has 1 amide bonds. The fourth-order valence-corrected chi connectivity index (χ4v) is 2.69. The zero-order valence-electron chi connectivity index (χ0n) is 11.0. The fourth-order valence-electron chi connectivity index (χ4n) is 2.69. The third-order valence-corrected chi connectivity index (χ3v) is 3.80. The molecule has 1 aliphatic carbocycles. The smallest absolute Gasteiger partial charge is 0.251 e. The van der Waals surface area contributed by atoms with Crippen molar-refractivity contribution in [2.24, 2.45) is 12.8 Å². The molecule has 1 saturated carbocycles. The van der Waals surface area contributed by atoms with Crippen LogP contribution in [0.15, 0.2) is 24.5 Å². The van der Waals surface area contributed by atoms with Gasteiger partial charge in [-0.2, -0.15) is 0 Å². The summed E-state index contributed by atoms with van der Waals surface area (Å²) in [4.78, 5) is 16.4. The summed E-state index contributed by atoms with van der Waals surface area (Å²) in [5, 5.41) is 3.04. The van der Waals surface area contributed by atoms with Gasteiger partial charge in [-0.25, -0.2) is 4.98 Å². The first-order valence-electron chi connectivity index (χ1n) is 6.61. The molecule has 100 valence electrons. The maximum Gasteiger partial charge on any atom is 0.251 e. The number of nitrogens with two attached hydrogens (primary N) is 1. The van der Waals surface area contributed by atoms with Gasteiger partial charge in [0.1, 0.15) is 0 Å². The number of rotatable bonds is 2. The van der Waals surface area contributed by atoms with Gasteiger partial charge in [0.2, 0.25) is 0 Å². The minimum absolute atomic E-state index is 0.0355. The number of benzene rings is 1. The Balaban J connectivity index is 1.77. The highest BCUT2D eigenvalue weighted by Gasteiger charge is 2.23. The van der Waals surface area contributed by atoms with Crippen LogP contribution in [-0.4, -0.2) is 27.5 Å². The van der Waals surface area contributed by atoms with Crippen molar-refractivity contribution in [3.05, 3.63) is 30.1 Å². The maximum atomic E-state index is 12.2. The predicted molar refractivity (Wildman–Crippen MR) is 73.8 cm³/mol. The summed E-state index contributed by atoms with van der Waals surface area (Å²) in [5.74, 6) is -0.0355. The minimum atomic E-state index is -0.0355. The van der Waals surface area contributed by atoms with Crippen molar-refractivity contribution in [2.45, 2.75) is 31.3 Å². The van der Waals surface area contributed by atoms with Crippen molar-refractivity contribution in [2.75, 3.05) is 0 Å². The Kier molecular flexibility index (Phi) is 2.98. The molecule has 1 aromatic heterocycles. The third-order valence-electron chi connectivity index (χ3n) is 3.80. The van der Waals surface area contributed by atoms with E-state index in [0.29, 0.717) is 5.56 Å². The second-order valence-corrected chi connectivity index (χ2v) is 5.30. The molecule has 1 aromatic carbocycles. The van der Waals surface area contributed by atoms with E-state index in [9.17, 15) is 4.79 Å². The number of nitrogens with one attached hydrogen (secondary N) is 1. The lowest BCUT2D eigenvalue weighted by Crippen LogP contribution is -2.34. The molecule has 3 N–H and O–H groups in total. The van der Waals surface area contributed by atoms with Crippen molar-refractivity contribution in [1.29, 1.82) is 0 Å². The first kappa shape index (κ1) is 12.2. The Labute approximate surface area is 111 Å². The summed E-state index contributed by atoms with van der Waals surface area (Å²) in [7, 11) is 1.94. The number of nitrogens with zero attached hydrogens (tertiary/aromatic N) is 2. The third kappa shape index (κ3) is 2.33. The molecular formula is C14H18N4O. The summed E-state index contributed by atoms with van der Waals surface area (Å²) in [6.07, 6.45) is 4.59. The van der Waals surface area contributed by atoms with Gasteiger partial charge in [0.25, 0.3) is 5.91 Å². The molecule has 2 atom stereocenters. The van der Waals surface area contributed by atoms with Crippen molar-refractivity contribution in [3.63, 3.8) is 0 Å². The number of fused-ring (bicyclic) bond motifs is 1. The average Bonchev–Trinajstić information content (AvgIpc) is 2.96. The van der Waals surface area contributed by atoms with Crippen LogP contribution in [0.5, 0.6) is 0 Å². The monoisotopic (exact) mass is 258 g/mol. The summed E-state index contributed by atoms with van der Waals surface area (Å²) >= 11 is 0. The number of aryl methyl sites for hydroxylation is 1. The molecule has 0 radical (unpaired) electrons. The van der Waals surface area contributed by atoms with Gasteiger partial charge in [-0.3, -0.25) is 4.79 Å². The topological polar surface area (TPSA) is 72.9 Å². The summed E-state index contributed by atoms with van der Waals surface area (Å²) in [5.41, 5.74) is 8.38. The summed E-state index contributed by atoms with van der Waals surface area (Å²) < 4.78 is 1.94. The zero-order chi connectivity index (χ0) is 13.4. The van der Waals surface area contributed by atoms with Gasteiger partial charge in [-0.15, -0.1) is 0 Å². The standard InChI is InChI=1S/C14H18N4O/c1-18-8-16-12-6-9(2-5-13(12)18)14(19)17-11-4-3-10(15)7-11/h2,5-6,8,10-11H,3-4,7,15H2,1H3,(H,17,19). The Morgan fingerprint density at radius 1 is 1.47 bits per heavy atom. The highest BCUT2D eigenvalue weighted by Crippen LogP contribution is 2.18. The van der Waals surface area contributed by atoms with E-state index < -0.39 is 0 Å². The Hall–Kier alpha value is -1.88. The quantitative estimate of drug-likeness (QED) is 0.849. The van der Waals surface area contributed by atoms with Gasteiger partial charge in [-0.1, -0.05) is 0 Å². The van der Waals surface area contributed by atoms with Crippen LogP contribution in [-0.2, 0) is 7.05 Å². The van der Waals surface area contributed by atoms with Crippen LogP contribution in [0.3, 0.4) is 0 Å². The SMILES string of the molecule is Cn1cnc2cc(C(=O)NC3CCC(N)C3)ccc21. The van der Waals surface area contributed by atoms with E-state index >= 15 is 0 Å². The second kappa shape index (κ2) is 4.66. The van der Waals surface area contributed by atoms with Gasteiger partial charge < -0.3 is 15.6 Å². The highest BCUT2D eigenvalue weighted by atomic mass is 16.1. The van der Waals surface area contributed by atoms with E-state index in [-0.39, 0.29) is 18.0 Å². The second-order valence-electron chi connectivity index (χ2n) is 5.30. The Morgan fingerprint density at radius 2 is 2.32 bits per heavy atom. The normalized spacial score (nSPS) is 22.8. The van der Waals surface area contributed by atoms with Crippen LogP contribution in [0.4, 0.5) is 0 Å². The lowest BCUT2D eigenvalue weighted by molar-refractivity contribution is 0.0938. The Morgan fingerprint density at radius 3 is 3.05 bits per heavy atom. The molecule has 5 nitrogen and oxygen atoms in total. The number of imidazole rings is 1. The molecule has 5 heteroatoms. The van der Waals surface area contributed by atoms with Gasteiger partial charge in [-0.05, 0) is 37.5 Å². The van der Waals surface area contributed by atoms with E-state index in [1.165, 1.54) is 0 Å². The van der Waals surface area contributed by atoms with E-state index in [4.69, 9.17) is 5.73 Å². The molecular weight excluding hydrogens is 240 g/mol. The molecule has 2 unspecified atom stereocenters. The van der Waals surface area contributed by atoms with Crippen LogP contribution in [0.1, 0.15) is 29.6 Å². The van der Waals surface area contributed by atoms with Gasteiger partial charge in [0.15, 0.2) is 0 Å². The lowest BCUT2D eigenvalue weighted by Gasteiger charge is -2.12. The van der Waals surface area contributed by atoms with E-state index in [1.54, 1.807) is 6.33 Å². The van der Waals surface area contributed by atoms with Gasteiger partial charge >= 0.3 is 0 Å². The molecule has 1 aliphatic rings.